The zero-order valence-corrected chi connectivity index (χ0v) is 22.3. The van der Waals surface area contributed by atoms with Crippen LogP contribution in [0.2, 0.25) is 0 Å². The van der Waals surface area contributed by atoms with Crippen molar-refractivity contribution in [2.24, 2.45) is 0 Å². The molecule has 5 rings (SSSR count). The molecule has 3 aromatic heterocycles. The molecule has 37 heavy (non-hydrogen) atoms. The molecular weight excluding hydrogens is 464 g/mol. The third kappa shape index (κ3) is 5.01. The lowest BCUT2D eigenvalue weighted by Gasteiger charge is -2.24. The Balaban J connectivity index is 1.57. The lowest BCUT2D eigenvalue weighted by atomic mass is 10.0. The van der Waals surface area contributed by atoms with Crippen molar-refractivity contribution in [3.63, 3.8) is 0 Å². The number of nitrogens with zero attached hydrogens (tertiary/aromatic N) is 6. The average Bonchev–Trinajstić information content (AvgIpc) is 3.19. The molecule has 9 nitrogen and oxygen atoms in total. The Kier molecular flexibility index (Phi) is 7.08. The molecule has 4 aromatic rings. The van der Waals surface area contributed by atoms with Gasteiger partial charge in [-0.3, -0.25) is 14.7 Å². The molecule has 0 amide bonds. The maximum absolute atomic E-state index is 13.4. The van der Waals surface area contributed by atoms with E-state index in [-0.39, 0.29) is 11.6 Å². The molecule has 0 aliphatic carbocycles. The predicted molar refractivity (Wildman–Crippen MR) is 148 cm³/mol. The molecule has 1 aliphatic rings. The predicted octanol–water partition coefficient (Wildman–Crippen LogP) is 4.18. The van der Waals surface area contributed by atoms with Crippen molar-refractivity contribution in [2.75, 3.05) is 18.4 Å². The first-order valence-corrected chi connectivity index (χ1v) is 13.1. The number of anilines is 2. The number of rotatable bonds is 8. The summed E-state index contributed by atoms with van der Waals surface area (Å²) in [5, 5.41) is 7.26. The second-order valence-corrected chi connectivity index (χ2v) is 10.2. The highest BCUT2D eigenvalue weighted by molar-refractivity contribution is 5.77. The fourth-order valence-corrected chi connectivity index (χ4v) is 5.01. The smallest absolute Gasteiger partial charge is 0.278 e. The summed E-state index contributed by atoms with van der Waals surface area (Å²) in [4.78, 5) is 29.7. The molecule has 1 aliphatic heterocycles. The van der Waals surface area contributed by atoms with E-state index in [0.29, 0.717) is 23.0 Å². The van der Waals surface area contributed by atoms with Crippen LogP contribution >= 0.6 is 0 Å². The molecule has 0 fully saturated rings. The molecule has 0 saturated carbocycles. The Morgan fingerprint density at radius 2 is 1.95 bits per heavy atom. The Hall–Kier alpha value is -3.56. The minimum absolute atomic E-state index is 0.0642. The van der Waals surface area contributed by atoms with Crippen LogP contribution in [-0.2, 0) is 19.5 Å². The topological polar surface area (TPSA) is 92.9 Å². The number of aromatic nitrogens is 5. The molecule has 0 atom stereocenters. The van der Waals surface area contributed by atoms with Gasteiger partial charge in [-0.25, -0.2) is 14.3 Å². The van der Waals surface area contributed by atoms with E-state index in [1.807, 2.05) is 24.6 Å². The van der Waals surface area contributed by atoms with E-state index in [1.54, 1.807) is 17.1 Å². The van der Waals surface area contributed by atoms with Gasteiger partial charge in [0.2, 0.25) is 5.95 Å². The molecule has 0 spiro atoms. The van der Waals surface area contributed by atoms with E-state index in [2.05, 4.69) is 70.5 Å². The van der Waals surface area contributed by atoms with Crippen LogP contribution in [0.25, 0.3) is 16.7 Å². The largest absolute Gasteiger partial charge is 0.324 e. The Bertz CT molecular complexity index is 1470. The molecule has 4 heterocycles. The molecular formula is C28H36N8O. The standard InChI is InChI=1S/C28H36N8O/c1-6-34(18(2)3)17-23-14-24(10-12-30-23)36-26-25(27(37)35(36)19(4)5)16-31-28(33-26)32-22-8-7-20-9-11-29-15-21(20)13-22/h7-8,10,12-14,16,18-19,29H,6,9,11,15,17H2,1-5H3,(H,31,32,33). The number of pyridine rings is 1. The van der Waals surface area contributed by atoms with Crippen molar-refractivity contribution < 1.29 is 0 Å². The van der Waals surface area contributed by atoms with Crippen molar-refractivity contribution in [1.29, 1.82) is 0 Å². The van der Waals surface area contributed by atoms with Crippen LogP contribution in [0.4, 0.5) is 11.6 Å². The first-order chi connectivity index (χ1) is 17.9. The minimum Gasteiger partial charge on any atom is -0.324 e. The minimum atomic E-state index is -0.105. The monoisotopic (exact) mass is 500 g/mol. The van der Waals surface area contributed by atoms with Gasteiger partial charge in [-0.05, 0) is 82.6 Å². The first-order valence-electron chi connectivity index (χ1n) is 13.1. The highest BCUT2D eigenvalue weighted by atomic mass is 16.1. The Morgan fingerprint density at radius 1 is 1.11 bits per heavy atom. The summed E-state index contributed by atoms with van der Waals surface area (Å²) in [7, 11) is 0. The van der Waals surface area contributed by atoms with Gasteiger partial charge in [0, 0.05) is 43.3 Å². The summed E-state index contributed by atoms with van der Waals surface area (Å²) in [5.41, 5.74) is 5.86. The number of benzene rings is 1. The molecule has 2 N–H and O–H groups in total. The number of hydrogen-bond acceptors (Lipinski definition) is 7. The van der Waals surface area contributed by atoms with Crippen molar-refractivity contribution in [1.82, 2.24) is 34.5 Å². The van der Waals surface area contributed by atoms with E-state index in [1.165, 1.54) is 11.1 Å². The molecule has 194 valence electrons. The second kappa shape index (κ2) is 10.4. The summed E-state index contributed by atoms with van der Waals surface area (Å²) in [6.45, 7) is 14.1. The summed E-state index contributed by atoms with van der Waals surface area (Å²) < 4.78 is 3.65. The maximum atomic E-state index is 13.4. The number of nitrogens with one attached hydrogen (secondary N) is 2. The third-order valence-electron chi connectivity index (χ3n) is 7.01. The van der Waals surface area contributed by atoms with Crippen LogP contribution in [0.5, 0.6) is 0 Å². The molecule has 0 saturated heterocycles. The molecule has 0 radical (unpaired) electrons. The van der Waals surface area contributed by atoms with Crippen LogP contribution in [0.15, 0.2) is 47.5 Å². The van der Waals surface area contributed by atoms with Crippen molar-refractivity contribution >= 4 is 22.7 Å². The second-order valence-electron chi connectivity index (χ2n) is 10.2. The highest BCUT2D eigenvalue weighted by Gasteiger charge is 2.20. The van der Waals surface area contributed by atoms with Gasteiger partial charge in [0.1, 0.15) is 5.39 Å². The summed E-state index contributed by atoms with van der Waals surface area (Å²) in [6.07, 6.45) is 4.47. The molecule has 0 unspecified atom stereocenters. The van der Waals surface area contributed by atoms with E-state index in [4.69, 9.17) is 4.98 Å². The Morgan fingerprint density at radius 3 is 2.70 bits per heavy atom. The molecule has 9 heteroatoms. The summed E-state index contributed by atoms with van der Waals surface area (Å²) in [5.74, 6) is 0.456. The van der Waals surface area contributed by atoms with Crippen LogP contribution in [-0.4, -0.2) is 48.3 Å². The van der Waals surface area contributed by atoms with Gasteiger partial charge in [0.15, 0.2) is 5.65 Å². The lowest BCUT2D eigenvalue weighted by Crippen LogP contribution is -2.30. The van der Waals surface area contributed by atoms with Crippen LogP contribution in [0.3, 0.4) is 0 Å². The van der Waals surface area contributed by atoms with Gasteiger partial charge >= 0.3 is 0 Å². The van der Waals surface area contributed by atoms with Crippen molar-refractivity contribution in [3.8, 4) is 5.69 Å². The lowest BCUT2D eigenvalue weighted by molar-refractivity contribution is 0.222. The van der Waals surface area contributed by atoms with Gasteiger partial charge < -0.3 is 10.6 Å². The maximum Gasteiger partial charge on any atom is 0.278 e. The fourth-order valence-electron chi connectivity index (χ4n) is 5.01. The van der Waals surface area contributed by atoms with Crippen LogP contribution in [0.1, 0.15) is 57.5 Å². The van der Waals surface area contributed by atoms with E-state index in [9.17, 15) is 4.79 Å². The van der Waals surface area contributed by atoms with Crippen molar-refractivity contribution in [3.05, 3.63) is 69.9 Å². The highest BCUT2D eigenvalue weighted by Crippen LogP contribution is 2.24. The third-order valence-corrected chi connectivity index (χ3v) is 7.01. The number of fused-ring (bicyclic) bond motifs is 2. The fraction of sp³-hybridized carbons (Fsp3) is 0.429. The van der Waals surface area contributed by atoms with Gasteiger partial charge in [-0.2, -0.15) is 4.98 Å². The molecule has 1 aromatic carbocycles. The SMILES string of the molecule is CCN(Cc1cc(-n2c3nc(Nc4ccc5c(c4)CNCC5)ncc3c(=O)n2C(C)C)ccn1)C(C)C. The zero-order chi connectivity index (χ0) is 26.1. The molecule has 0 bridgehead atoms. The summed E-state index contributed by atoms with van der Waals surface area (Å²) in [6, 6.07) is 10.7. The van der Waals surface area contributed by atoms with Crippen LogP contribution in [0, 0.1) is 0 Å². The Labute approximate surface area is 217 Å². The quantitative estimate of drug-likeness (QED) is 0.375. The normalized spacial score (nSPS) is 13.6. The van der Waals surface area contributed by atoms with Gasteiger partial charge in [0.05, 0.1) is 11.4 Å². The van der Waals surface area contributed by atoms with Crippen molar-refractivity contribution in [2.45, 2.75) is 66.2 Å². The van der Waals surface area contributed by atoms with E-state index >= 15 is 0 Å². The van der Waals surface area contributed by atoms with Gasteiger partial charge in [-0.1, -0.05) is 13.0 Å². The van der Waals surface area contributed by atoms with Gasteiger partial charge in [0.25, 0.3) is 5.56 Å². The summed E-state index contributed by atoms with van der Waals surface area (Å²) >= 11 is 0. The number of hydrogen-bond donors (Lipinski definition) is 2. The van der Waals surface area contributed by atoms with E-state index in [0.717, 1.165) is 49.7 Å². The average molecular weight is 501 g/mol. The van der Waals surface area contributed by atoms with E-state index < -0.39 is 0 Å². The van der Waals surface area contributed by atoms with Gasteiger partial charge in [-0.15, -0.1) is 0 Å². The van der Waals surface area contributed by atoms with Crippen LogP contribution < -0.4 is 16.2 Å². The first kappa shape index (κ1) is 25.1. The zero-order valence-electron chi connectivity index (χ0n) is 22.3.